The Morgan fingerprint density at radius 1 is 1.13 bits per heavy atom. The van der Waals surface area contributed by atoms with Gasteiger partial charge >= 0.3 is 5.97 Å². The topological polar surface area (TPSA) is 44.8 Å². The SMILES string of the molecule is CCOC(=O)C=Cc1ccc(OC)cc1OCc1ccccc1. The fraction of sp³-hybridized carbons (Fsp3) is 0.211. The Bertz CT molecular complexity index is 662. The van der Waals surface area contributed by atoms with Crippen molar-refractivity contribution < 1.29 is 19.0 Å². The predicted molar refractivity (Wildman–Crippen MR) is 89.4 cm³/mol. The second-order valence-electron chi connectivity index (χ2n) is 4.76. The third-order valence-corrected chi connectivity index (χ3v) is 3.14. The number of ether oxygens (including phenoxy) is 3. The molecule has 2 aromatic carbocycles. The molecule has 23 heavy (non-hydrogen) atoms. The number of rotatable bonds is 7. The number of hydrogen-bond donors (Lipinski definition) is 0. The molecule has 0 amide bonds. The Morgan fingerprint density at radius 2 is 1.91 bits per heavy atom. The molecule has 0 aliphatic heterocycles. The van der Waals surface area contributed by atoms with Crippen molar-refractivity contribution in [3.63, 3.8) is 0 Å². The van der Waals surface area contributed by atoms with Gasteiger partial charge in [-0.3, -0.25) is 0 Å². The molecule has 2 rings (SSSR count). The van der Waals surface area contributed by atoms with Crippen LogP contribution in [0.1, 0.15) is 18.1 Å². The molecule has 0 fully saturated rings. The molecular formula is C19H20O4. The first-order valence-corrected chi connectivity index (χ1v) is 7.42. The average molecular weight is 312 g/mol. The standard InChI is InChI=1S/C19H20O4/c1-3-22-19(20)12-10-16-9-11-17(21-2)13-18(16)23-14-15-7-5-4-6-8-15/h4-13H,3,14H2,1-2H3. The Balaban J connectivity index is 2.16. The maximum Gasteiger partial charge on any atom is 0.330 e. The van der Waals surface area contributed by atoms with Gasteiger partial charge in [-0.15, -0.1) is 0 Å². The van der Waals surface area contributed by atoms with Crippen LogP contribution in [0.3, 0.4) is 0 Å². The summed E-state index contributed by atoms with van der Waals surface area (Å²) in [5, 5.41) is 0. The predicted octanol–water partition coefficient (Wildman–Crippen LogP) is 3.85. The summed E-state index contributed by atoms with van der Waals surface area (Å²) >= 11 is 0. The lowest BCUT2D eigenvalue weighted by Crippen LogP contribution is -2.00. The normalized spacial score (nSPS) is 10.5. The summed E-state index contributed by atoms with van der Waals surface area (Å²) < 4.78 is 16.0. The van der Waals surface area contributed by atoms with Gasteiger partial charge in [0.2, 0.25) is 0 Å². The number of hydrogen-bond acceptors (Lipinski definition) is 4. The van der Waals surface area contributed by atoms with Crippen molar-refractivity contribution in [2.45, 2.75) is 13.5 Å². The molecule has 0 bridgehead atoms. The number of benzene rings is 2. The van der Waals surface area contributed by atoms with Gasteiger partial charge in [-0.25, -0.2) is 4.79 Å². The van der Waals surface area contributed by atoms with E-state index in [0.29, 0.717) is 24.7 Å². The number of carbonyl (C=O) groups is 1. The molecule has 0 saturated carbocycles. The summed E-state index contributed by atoms with van der Waals surface area (Å²) in [6.45, 7) is 2.56. The monoisotopic (exact) mass is 312 g/mol. The number of esters is 1. The van der Waals surface area contributed by atoms with Gasteiger partial charge in [0.15, 0.2) is 0 Å². The van der Waals surface area contributed by atoms with Gasteiger partial charge in [0.05, 0.1) is 13.7 Å². The van der Waals surface area contributed by atoms with E-state index >= 15 is 0 Å². The molecule has 0 spiro atoms. The highest BCUT2D eigenvalue weighted by Crippen LogP contribution is 2.27. The van der Waals surface area contributed by atoms with E-state index in [1.54, 1.807) is 26.2 Å². The van der Waals surface area contributed by atoms with Gasteiger partial charge in [0.1, 0.15) is 18.1 Å². The van der Waals surface area contributed by atoms with E-state index in [4.69, 9.17) is 14.2 Å². The van der Waals surface area contributed by atoms with Crippen LogP contribution in [0.5, 0.6) is 11.5 Å². The van der Waals surface area contributed by atoms with Gasteiger partial charge in [-0.2, -0.15) is 0 Å². The maximum atomic E-state index is 11.5. The van der Waals surface area contributed by atoms with Crippen molar-refractivity contribution in [1.82, 2.24) is 0 Å². The van der Waals surface area contributed by atoms with Crippen LogP contribution in [-0.4, -0.2) is 19.7 Å². The van der Waals surface area contributed by atoms with Gasteiger partial charge < -0.3 is 14.2 Å². The molecule has 0 atom stereocenters. The highest BCUT2D eigenvalue weighted by Gasteiger charge is 2.05. The minimum Gasteiger partial charge on any atom is -0.497 e. The van der Waals surface area contributed by atoms with Crippen molar-refractivity contribution in [2.75, 3.05) is 13.7 Å². The molecule has 0 aliphatic rings. The van der Waals surface area contributed by atoms with E-state index in [1.165, 1.54) is 6.08 Å². The zero-order chi connectivity index (χ0) is 16.5. The van der Waals surface area contributed by atoms with Crippen molar-refractivity contribution >= 4 is 12.0 Å². The van der Waals surface area contributed by atoms with E-state index in [2.05, 4.69) is 0 Å². The van der Waals surface area contributed by atoms with Crippen molar-refractivity contribution in [3.8, 4) is 11.5 Å². The average Bonchev–Trinajstić information content (AvgIpc) is 2.59. The van der Waals surface area contributed by atoms with E-state index < -0.39 is 0 Å². The summed E-state index contributed by atoms with van der Waals surface area (Å²) in [6, 6.07) is 15.3. The molecule has 0 heterocycles. The lowest BCUT2D eigenvalue weighted by molar-refractivity contribution is -0.137. The van der Waals surface area contributed by atoms with E-state index in [1.807, 2.05) is 42.5 Å². The van der Waals surface area contributed by atoms with Gasteiger partial charge in [-0.05, 0) is 30.7 Å². The van der Waals surface area contributed by atoms with Crippen LogP contribution in [0.15, 0.2) is 54.6 Å². The first-order valence-electron chi connectivity index (χ1n) is 7.42. The molecular weight excluding hydrogens is 292 g/mol. The Hall–Kier alpha value is -2.75. The zero-order valence-electron chi connectivity index (χ0n) is 13.3. The molecule has 0 unspecified atom stereocenters. The highest BCUT2D eigenvalue weighted by molar-refractivity contribution is 5.87. The molecule has 4 heteroatoms. The summed E-state index contributed by atoms with van der Waals surface area (Å²) in [6.07, 6.45) is 3.07. The zero-order valence-corrected chi connectivity index (χ0v) is 13.3. The lowest BCUT2D eigenvalue weighted by Gasteiger charge is -2.11. The van der Waals surface area contributed by atoms with Gasteiger partial charge in [0.25, 0.3) is 0 Å². The van der Waals surface area contributed by atoms with Gasteiger partial charge in [-0.1, -0.05) is 30.3 Å². The van der Waals surface area contributed by atoms with E-state index in [0.717, 1.165) is 11.1 Å². The quantitative estimate of drug-likeness (QED) is 0.575. The van der Waals surface area contributed by atoms with Crippen LogP contribution in [0.4, 0.5) is 0 Å². The molecule has 120 valence electrons. The van der Waals surface area contributed by atoms with Crippen molar-refractivity contribution in [2.24, 2.45) is 0 Å². The molecule has 0 aromatic heterocycles. The second kappa shape index (κ2) is 8.63. The van der Waals surface area contributed by atoms with Crippen LogP contribution < -0.4 is 9.47 Å². The second-order valence-corrected chi connectivity index (χ2v) is 4.76. The first kappa shape index (κ1) is 16.6. The number of methoxy groups -OCH3 is 1. The van der Waals surface area contributed by atoms with Crippen LogP contribution in [0.25, 0.3) is 6.08 Å². The Kier molecular flexibility index (Phi) is 6.24. The van der Waals surface area contributed by atoms with Crippen LogP contribution in [0, 0.1) is 0 Å². The smallest absolute Gasteiger partial charge is 0.330 e. The first-order chi connectivity index (χ1) is 11.2. The summed E-state index contributed by atoms with van der Waals surface area (Å²) in [4.78, 5) is 11.5. The molecule has 0 radical (unpaired) electrons. The fourth-order valence-electron chi connectivity index (χ4n) is 1.99. The minimum absolute atomic E-state index is 0.350. The van der Waals surface area contributed by atoms with E-state index in [9.17, 15) is 4.79 Å². The number of carbonyl (C=O) groups excluding carboxylic acids is 1. The summed E-state index contributed by atoms with van der Waals surface area (Å²) in [5.74, 6) is 0.965. The van der Waals surface area contributed by atoms with Crippen LogP contribution in [-0.2, 0) is 16.1 Å². The Labute approximate surface area is 136 Å². The maximum absolute atomic E-state index is 11.5. The van der Waals surface area contributed by atoms with Crippen molar-refractivity contribution in [1.29, 1.82) is 0 Å². The van der Waals surface area contributed by atoms with E-state index in [-0.39, 0.29) is 5.97 Å². The minimum atomic E-state index is -0.377. The third-order valence-electron chi connectivity index (χ3n) is 3.14. The van der Waals surface area contributed by atoms with Crippen LogP contribution >= 0.6 is 0 Å². The fourth-order valence-corrected chi connectivity index (χ4v) is 1.99. The highest BCUT2D eigenvalue weighted by atomic mass is 16.5. The van der Waals surface area contributed by atoms with Gasteiger partial charge in [0, 0.05) is 17.7 Å². The molecule has 0 N–H and O–H groups in total. The summed E-state index contributed by atoms with van der Waals surface area (Å²) in [7, 11) is 1.60. The molecule has 0 aliphatic carbocycles. The third kappa shape index (κ3) is 5.18. The Morgan fingerprint density at radius 3 is 2.61 bits per heavy atom. The molecule has 4 nitrogen and oxygen atoms in total. The lowest BCUT2D eigenvalue weighted by atomic mass is 10.1. The van der Waals surface area contributed by atoms with Crippen molar-refractivity contribution in [3.05, 3.63) is 65.7 Å². The molecule has 2 aromatic rings. The largest absolute Gasteiger partial charge is 0.497 e. The summed E-state index contributed by atoms with van der Waals surface area (Å²) in [5.41, 5.74) is 1.85. The van der Waals surface area contributed by atoms with Crippen LogP contribution in [0.2, 0.25) is 0 Å². The molecule has 0 saturated heterocycles.